The fourth-order valence-electron chi connectivity index (χ4n) is 1.23. The van der Waals surface area contributed by atoms with Gasteiger partial charge in [0.25, 0.3) is 0 Å². The van der Waals surface area contributed by atoms with Gasteiger partial charge in [-0.15, -0.1) is 0 Å². The smallest absolute Gasteiger partial charge is 0.242 e. The number of anilines is 1. The van der Waals surface area contributed by atoms with Crippen LogP contribution in [-0.4, -0.2) is 18.5 Å². The topological polar surface area (TPSA) is 41.1 Å². The Morgan fingerprint density at radius 2 is 2.25 bits per heavy atom. The van der Waals surface area contributed by atoms with Gasteiger partial charge in [-0.2, -0.15) is 0 Å². The van der Waals surface area contributed by atoms with Crippen LogP contribution >= 0.6 is 27.5 Å². The standard InChI is InChI=1S/C11H14BrClN2O/c1-3-14-11(16)7(2)15-8-4-5-9(12)10(13)6-8/h4-7,15H,3H2,1-2H3,(H,14,16). The summed E-state index contributed by atoms with van der Waals surface area (Å²) in [7, 11) is 0. The molecule has 1 aromatic carbocycles. The van der Waals surface area contributed by atoms with Crippen LogP contribution in [0.5, 0.6) is 0 Å². The Labute approximate surface area is 109 Å². The Morgan fingerprint density at radius 3 is 2.81 bits per heavy atom. The summed E-state index contributed by atoms with van der Waals surface area (Å²) < 4.78 is 0.838. The number of amides is 1. The lowest BCUT2D eigenvalue weighted by atomic mass is 10.2. The van der Waals surface area contributed by atoms with Crippen LogP contribution in [0, 0.1) is 0 Å². The van der Waals surface area contributed by atoms with E-state index in [0.29, 0.717) is 11.6 Å². The molecular formula is C11H14BrClN2O. The monoisotopic (exact) mass is 304 g/mol. The molecular weight excluding hydrogens is 291 g/mol. The number of hydrogen-bond donors (Lipinski definition) is 2. The summed E-state index contributed by atoms with van der Waals surface area (Å²) in [6.07, 6.45) is 0. The van der Waals surface area contributed by atoms with Gasteiger partial charge in [0, 0.05) is 16.7 Å². The molecule has 0 saturated heterocycles. The van der Waals surface area contributed by atoms with E-state index in [9.17, 15) is 4.79 Å². The highest BCUT2D eigenvalue weighted by Gasteiger charge is 2.11. The first kappa shape index (κ1) is 13.3. The Hall–Kier alpha value is -0.740. The third-order valence-electron chi connectivity index (χ3n) is 2.05. The first-order valence-corrected chi connectivity index (χ1v) is 6.21. The average Bonchev–Trinajstić information content (AvgIpc) is 2.24. The van der Waals surface area contributed by atoms with Crippen molar-refractivity contribution in [2.24, 2.45) is 0 Å². The molecule has 0 aromatic heterocycles. The average molecular weight is 306 g/mol. The second-order valence-electron chi connectivity index (χ2n) is 3.39. The molecule has 3 nitrogen and oxygen atoms in total. The van der Waals surface area contributed by atoms with Crippen molar-refractivity contribution in [3.63, 3.8) is 0 Å². The van der Waals surface area contributed by atoms with Gasteiger partial charge >= 0.3 is 0 Å². The van der Waals surface area contributed by atoms with Gasteiger partial charge in [-0.05, 0) is 48.0 Å². The second-order valence-corrected chi connectivity index (χ2v) is 4.65. The van der Waals surface area contributed by atoms with Crippen LogP contribution < -0.4 is 10.6 Å². The lowest BCUT2D eigenvalue weighted by Gasteiger charge is -2.14. The highest BCUT2D eigenvalue weighted by atomic mass is 79.9. The quantitative estimate of drug-likeness (QED) is 0.898. The minimum Gasteiger partial charge on any atom is -0.374 e. The fraction of sp³-hybridized carbons (Fsp3) is 0.364. The number of hydrogen-bond acceptors (Lipinski definition) is 2. The van der Waals surface area contributed by atoms with E-state index in [1.807, 2.05) is 19.1 Å². The zero-order chi connectivity index (χ0) is 12.1. The van der Waals surface area contributed by atoms with E-state index in [0.717, 1.165) is 10.2 Å². The predicted molar refractivity (Wildman–Crippen MR) is 70.9 cm³/mol. The maximum absolute atomic E-state index is 11.5. The Morgan fingerprint density at radius 1 is 1.56 bits per heavy atom. The number of carbonyl (C=O) groups excluding carboxylic acids is 1. The maximum atomic E-state index is 11.5. The molecule has 0 aliphatic rings. The molecule has 1 atom stereocenters. The lowest BCUT2D eigenvalue weighted by Crippen LogP contribution is -2.37. The molecule has 0 fully saturated rings. The molecule has 0 radical (unpaired) electrons. The summed E-state index contributed by atoms with van der Waals surface area (Å²) in [5.41, 5.74) is 0.826. The van der Waals surface area contributed by atoms with Crippen LogP contribution in [0.1, 0.15) is 13.8 Å². The van der Waals surface area contributed by atoms with Crippen molar-refractivity contribution < 1.29 is 4.79 Å². The number of benzene rings is 1. The molecule has 1 aromatic rings. The van der Waals surface area contributed by atoms with Crippen LogP contribution in [0.3, 0.4) is 0 Å². The van der Waals surface area contributed by atoms with Crippen molar-refractivity contribution in [3.8, 4) is 0 Å². The number of rotatable bonds is 4. The van der Waals surface area contributed by atoms with Gasteiger partial charge in [0.05, 0.1) is 5.02 Å². The van der Waals surface area contributed by atoms with E-state index in [2.05, 4.69) is 26.6 Å². The number of carbonyl (C=O) groups is 1. The minimum absolute atomic E-state index is 0.0264. The molecule has 1 amide bonds. The normalized spacial score (nSPS) is 12.0. The second kappa shape index (κ2) is 6.11. The zero-order valence-corrected chi connectivity index (χ0v) is 11.5. The Bertz CT molecular complexity index is 384. The molecule has 1 unspecified atom stereocenters. The van der Waals surface area contributed by atoms with Gasteiger partial charge in [-0.3, -0.25) is 4.79 Å². The Kier molecular flexibility index (Phi) is 5.09. The summed E-state index contributed by atoms with van der Waals surface area (Å²) >= 11 is 9.26. The van der Waals surface area contributed by atoms with Gasteiger partial charge in [0.1, 0.15) is 6.04 Å². The molecule has 2 N–H and O–H groups in total. The number of nitrogens with one attached hydrogen (secondary N) is 2. The fourth-order valence-corrected chi connectivity index (χ4v) is 1.66. The van der Waals surface area contributed by atoms with Crippen molar-refractivity contribution in [1.29, 1.82) is 0 Å². The van der Waals surface area contributed by atoms with Gasteiger partial charge in [-0.25, -0.2) is 0 Å². The molecule has 0 bridgehead atoms. The SMILES string of the molecule is CCNC(=O)C(C)Nc1ccc(Br)c(Cl)c1. The molecule has 1 rings (SSSR count). The van der Waals surface area contributed by atoms with Crippen LogP contribution in [-0.2, 0) is 4.79 Å². The first-order valence-electron chi connectivity index (χ1n) is 5.04. The zero-order valence-electron chi connectivity index (χ0n) is 9.18. The first-order chi connectivity index (χ1) is 7.54. The van der Waals surface area contributed by atoms with Gasteiger partial charge in [0.2, 0.25) is 5.91 Å². The van der Waals surface area contributed by atoms with Gasteiger partial charge in [-0.1, -0.05) is 11.6 Å². The van der Waals surface area contributed by atoms with Crippen LogP contribution in [0.25, 0.3) is 0 Å². The summed E-state index contributed by atoms with van der Waals surface area (Å²) in [5, 5.41) is 6.44. The molecule has 0 heterocycles. The van der Waals surface area contributed by atoms with E-state index in [-0.39, 0.29) is 11.9 Å². The molecule has 0 aliphatic heterocycles. The minimum atomic E-state index is -0.280. The van der Waals surface area contributed by atoms with E-state index in [1.165, 1.54) is 0 Å². The highest BCUT2D eigenvalue weighted by Crippen LogP contribution is 2.25. The largest absolute Gasteiger partial charge is 0.374 e. The third kappa shape index (κ3) is 3.68. The molecule has 5 heteroatoms. The van der Waals surface area contributed by atoms with Crippen LogP contribution in [0.2, 0.25) is 5.02 Å². The van der Waals surface area contributed by atoms with E-state index in [4.69, 9.17) is 11.6 Å². The number of halogens is 2. The highest BCUT2D eigenvalue weighted by molar-refractivity contribution is 9.10. The van der Waals surface area contributed by atoms with Crippen molar-refractivity contribution >= 4 is 39.1 Å². The number of likely N-dealkylation sites (N-methyl/N-ethyl adjacent to an activating group) is 1. The van der Waals surface area contributed by atoms with E-state index in [1.54, 1.807) is 13.0 Å². The summed E-state index contributed by atoms with van der Waals surface area (Å²) in [4.78, 5) is 11.5. The van der Waals surface area contributed by atoms with Crippen molar-refractivity contribution in [1.82, 2.24) is 5.32 Å². The molecule has 0 saturated carbocycles. The van der Waals surface area contributed by atoms with Crippen molar-refractivity contribution in [2.75, 3.05) is 11.9 Å². The molecule has 0 aliphatic carbocycles. The van der Waals surface area contributed by atoms with Gasteiger partial charge < -0.3 is 10.6 Å². The predicted octanol–water partition coefficient (Wildman–Crippen LogP) is 3.04. The molecule has 88 valence electrons. The molecule has 16 heavy (non-hydrogen) atoms. The van der Waals surface area contributed by atoms with Crippen molar-refractivity contribution in [2.45, 2.75) is 19.9 Å². The summed E-state index contributed by atoms with van der Waals surface area (Å²) in [6, 6.07) is 5.21. The summed E-state index contributed by atoms with van der Waals surface area (Å²) in [5.74, 6) is -0.0264. The van der Waals surface area contributed by atoms with Crippen LogP contribution in [0.15, 0.2) is 22.7 Å². The van der Waals surface area contributed by atoms with E-state index < -0.39 is 0 Å². The van der Waals surface area contributed by atoms with E-state index >= 15 is 0 Å². The van der Waals surface area contributed by atoms with Crippen LogP contribution in [0.4, 0.5) is 5.69 Å². The van der Waals surface area contributed by atoms with Gasteiger partial charge in [0.15, 0.2) is 0 Å². The summed E-state index contributed by atoms with van der Waals surface area (Å²) in [6.45, 7) is 4.33. The Balaban J connectivity index is 2.66. The van der Waals surface area contributed by atoms with Crippen molar-refractivity contribution in [3.05, 3.63) is 27.7 Å². The lowest BCUT2D eigenvalue weighted by molar-refractivity contribution is -0.121. The third-order valence-corrected chi connectivity index (χ3v) is 3.28. The molecule has 0 spiro atoms. The maximum Gasteiger partial charge on any atom is 0.242 e.